The smallest absolute Gasteiger partial charge is 0.307 e. The fourth-order valence-corrected chi connectivity index (χ4v) is 3.72. The Morgan fingerprint density at radius 1 is 1.29 bits per heavy atom. The molecule has 0 radical (unpaired) electrons. The molecule has 2 aromatic rings. The number of aryl methyl sites for hydroxylation is 1. The highest BCUT2D eigenvalue weighted by Crippen LogP contribution is 2.32. The Morgan fingerprint density at radius 2 is 2.17 bits per heavy atom. The molecule has 1 aromatic heterocycles. The second-order valence-electron chi connectivity index (χ2n) is 6.50. The summed E-state index contributed by atoms with van der Waals surface area (Å²) in [6.45, 7) is 1.50. The Bertz CT molecular complexity index is 812. The number of hydrogen-bond donors (Lipinski definition) is 1. The van der Waals surface area contributed by atoms with Crippen molar-refractivity contribution >= 4 is 17.6 Å². The van der Waals surface area contributed by atoms with Crippen LogP contribution in [0.15, 0.2) is 30.6 Å². The van der Waals surface area contributed by atoms with Crippen LogP contribution >= 0.6 is 0 Å². The minimum absolute atomic E-state index is 0.0177. The Hall–Kier alpha value is -2.63. The molecule has 2 aliphatic rings. The largest absolute Gasteiger partial charge is 0.481 e. The maximum Gasteiger partial charge on any atom is 0.307 e. The molecule has 1 unspecified atom stereocenters. The van der Waals surface area contributed by atoms with Gasteiger partial charge in [-0.2, -0.15) is 0 Å². The van der Waals surface area contributed by atoms with Crippen LogP contribution in [0.5, 0.6) is 0 Å². The number of fused-ring (bicyclic) bond motifs is 2. The first kappa shape index (κ1) is 14.9. The van der Waals surface area contributed by atoms with Gasteiger partial charge in [0.05, 0.1) is 6.42 Å². The second kappa shape index (κ2) is 5.78. The third kappa shape index (κ3) is 2.58. The molecular formula is C18H19N3O3. The molecule has 3 heterocycles. The molecule has 4 rings (SSSR count). The van der Waals surface area contributed by atoms with E-state index in [1.54, 1.807) is 6.20 Å². The number of imidazole rings is 1. The summed E-state index contributed by atoms with van der Waals surface area (Å²) in [6, 6.07) is 5.66. The summed E-state index contributed by atoms with van der Waals surface area (Å²) < 4.78 is 2.10. The van der Waals surface area contributed by atoms with Crippen molar-refractivity contribution in [3.63, 3.8) is 0 Å². The molecular weight excluding hydrogens is 306 g/mol. The van der Waals surface area contributed by atoms with Crippen molar-refractivity contribution in [2.24, 2.45) is 5.92 Å². The van der Waals surface area contributed by atoms with Crippen LogP contribution in [0.3, 0.4) is 0 Å². The van der Waals surface area contributed by atoms with Gasteiger partial charge in [-0.25, -0.2) is 4.98 Å². The summed E-state index contributed by atoms with van der Waals surface area (Å²) in [5.74, 6) is 0.202. The summed E-state index contributed by atoms with van der Waals surface area (Å²) in [4.78, 5) is 30.1. The molecule has 0 fully saturated rings. The van der Waals surface area contributed by atoms with Gasteiger partial charge in [-0.05, 0) is 30.0 Å². The molecule has 6 heteroatoms. The molecule has 1 atom stereocenters. The lowest BCUT2D eigenvalue weighted by Crippen LogP contribution is -2.38. The normalized spacial score (nSPS) is 19.0. The van der Waals surface area contributed by atoms with Crippen LogP contribution in [0, 0.1) is 5.92 Å². The highest BCUT2D eigenvalue weighted by Gasteiger charge is 2.33. The maximum atomic E-state index is 13.0. The van der Waals surface area contributed by atoms with Crippen molar-refractivity contribution in [2.75, 3.05) is 11.4 Å². The zero-order valence-electron chi connectivity index (χ0n) is 13.3. The standard InChI is InChI=1S/C18H19N3O3/c22-17(23)10-12-1-2-13-4-7-21(15(13)9-12)18(24)14-3-6-20-8-5-19-16(20)11-14/h1-2,5,8-9,14H,3-4,6-7,10-11H2,(H,22,23). The zero-order valence-corrected chi connectivity index (χ0v) is 13.3. The van der Waals surface area contributed by atoms with Gasteiger partial charge in [-0.3, -0.25) is 9.59 Å². The van der Waals surface area contributed by atoms with E-state index >= 15 is 0 Å². The van der Waals surface area contributed by atoms with E-state index in [1.165, 1.54) is 0 Å². The van der Waals surface area contributed by atoms with Gasteiger partial charge >= 0.3 is 5.97 Å². The Labute approximate surface area is 139 Å². The van der Waals surface area contributed by atoms with Crippen molar-refractivity contribution < 1.29 is 14.7 Å². The Kier molecular flexibility index (Phi) is 3.59. The highest BCUT2D eigenvalue weighted by atomic mass is 16.4. The number of carbonyl (C=O) groups is 2. The first-order valence-corrected chi connectivity index (χ1v) is 8.27. The van der Waals surface area contributed by atoms with Gasteiger partial charge in [-0.15, -0.1) is 0 Å². The third-order valence-corrected chi connectivity index (χ3v) is 4.97. The van der Waals surface area contributed by atoms with Gasteiger partial charge in [0.2, 0.25) is 5.91 Å². The Morgan fingerprint density at radius 3 is 3.00 bits per heavy atom. The first-order chi connectivity index (χ1) is 11.6. The Balaban J connectivity index is 1.56. The average Bonchev–Trinajstić information content (AvgIpc) is 3.19. The number of hydrogen-bond acceptors (Lipinski definition) is 3. The van der Waals surface area contributed by atoms with Gasteiger partial charge in [0.1, 0.15) is 5.82 Å². The minimum Gasteiger partial charge on any atom is -0.481 e. The van der Waals surface area contributed by atoms with Gasteiger partial charge < -0.3 is 14.6 Å². The van der Waals surface area contributed by atoms with Crippen LogP contribution in [0.2, 0.25) is 0 Å². The molecule has 1 aromatic carbocycles. The SMILES string of the molecule is O=C(O)Cc1ccc2c(c1)N(C(=O)C1CCn3ccnc3C1)CC2. The molecule has 0 saturated carbocycles. The molecule has 2 aliphatic heterocycles. The van der Waals surface area contributed by atoms with E-state index in [2.05, 4.69) is 9.55 Å². The summed E-state index contributed by atoms with van der Waals surface area (Å²) >= 11 is 0. The lowest BCUT2D eigenvalue weighted by molar-refractivity contribution is -0.136. The predicted molar refractivity (Wildman–Crippen MR) is 87.9 cm³/mol. The molecule has 24 heavy (non-hydrogen) atoms. The van der Waals surface area contributed by atoms with Crippen LogP contribution in [0.25, 0.3) is 0 Å². The number of benzene rings is 1. The summed E-state index contributed by atoms with van der Waals surface area (Å²) in [5.41, 5.74) is 2.74. The van der Waals surface area contributed by atoms with Crippen molar-refractivity contribution in [3.05, 3.63) is 47.5 Å². The van der Waals surface area contributed by atoms with E-state index in [9.17, 15) is 9.59 Å². The lowest BCUT2D eigenvalue weighted by Gasteiger charge is -2.27. The van der Waals surface area contributed by atoms with Gasteiger partial charge in [0.15, 0.2) is 0 Å². The molecule has 1 amide bonds. The first-order valence-electron chi connectivity index (χ1n) is 8.27. The summed E-state index contributed by atoms with van der Waals surface area (Å²) in [6.07, 6.45) is 6.05. The van der Waals surface area contributed by atoms with Crippen molar-refractivity contribution in [1.29, 1.82) is 0 Å². The minimum atomic E-state index is -0.857. The number of carbonyl (C=O) groups excluding carboxylic acids is 1. The maximum absolute atomic E-state index is 13.0. The lowest BCUT2D eigenvalue weighted by atomic mass is 9.96. The van der Waals surface area contributed by atoms with Crippen molar-refractivity contribution in [3.8, 4) is 0 Å². The van der Waals surface area contributed by atoms with Crippen LogP contribution in [-0.4, -0.2) is 33.1 Å². The molecule has 0 aliphatic carbocycles. The summed E-state index contributed by atoms with van der Waals surface area (Å²) in [5, 5.41) is 8.98. The molecule has 0 bridgehead atoms. The van der Waals surface area contributed by atoms with Crippen LogP contribution in [-0.2, 0) is 35.4 Å². The molecule has 1 N–H and O–H groups in total. The van der Waals surface area contributed by atoms with E-state index < -0.39 is 5.97 Å². The van der Waals surface area contributed by atoms with Gasteiger partial charge in [0, 0.05) is 43.5 Å². The van der Waals surface area contributed by atoms with Crippen molar-refractivity contribution in [2.45, 2.75) is 32.2 Å². The molecule has 124 valence electrons. The number of amides is 1. The highest BCUT2D eigenvalue weighted by molar-refractivity contribution is 5.97. The number of anilines is 1. The zero-order chi connectivity index (χ0) is 16.7. The van der Waals surface area contributed by atoms with Crippen LogP contribution in [0.1, 0.15) is 23.4 Å². The molecule has 0 spiro atoms. The quantitative estimate of drug-likeness (QED) is 0.931. The number of carboxylic acids is 1. The van der Waals surface area contributed by atoms with E-state index in [-0.39, 0.29) is 18.2 Å². The fraction of sp³-hybridized carbons (Fsp3) is 0.389. The van der Waals surface area contributed by atoms with Crippen LogP contribution in [0.4, 0.5) is 5.69 Å². The van der Waals surface area contributed by atoms with Crippen LogP contribution < -0.4 is 4.90 Å². The fourth-order valence-electron chi connectivity index (χ4n) is 3.72. The predicted octanol–water partition coefficient (Wildman–Crippen LogP) is 1.66. The van der Waals surface area contributed by atoms with E-state index in [1.807, 2.05) is 29.3 Å². The van der Waals surface area contributed by atoms with E-state index in [0.717, 1.165) is 42.0 Å². The van der Waals surface area contributed by atoms with E-state index in [0.29, 0.717) is 13.0 Å². The topological polar surface area (TPSA) is 75.4 Å². The molecule has 0 saturated heterocycles. The number of nitrogens with zero attached hydrogens (tertiary/aromatic N) is 3. The van der Waals surface area contributed by atoms with Crippen molar-refractivity contribution in [1.82, 2.24) is 9.55 Å². The summed E-state index contributed by atoms with van der Waals surface area (Å²) in [7, 11) is 0. The monoisotopic (exact) mass is 325 g/mol. The van der Waals surface area contributed by atoms with Gasteiger partial charge in [0.25, 0.3) is 0 Å². The number of carboxylic acid groups (broad SMARTS) is 1. The number of aliphatic carboxylic acids is 1. The molecule has 6 nitrogen and oxygen atoms in total. The number of aromatic nitrogens is 2. The number of rotatable bonds is 3. The third-order valence-electron chi connectivity index (χ3n) is 4.97. The average molecular weight is 325 g/mol. The second-order valence-corrected chi connectivity index (χ2v) is 6.50. The van der Waals surface area contributed by atoms with E-state index in [4.69, 9.17) is 5.11 Å². The van der Waals surface area contributed by atoms with Gasteiger partial charge in [-0.1, -0.05) is 12.1 Å².